The molecule has 0 radical (unpaired) electrons. The molecule has 11 heteroatoms. The smallest absolute Gasteiger partial charge is 0.337 e. The van der Waals surface area contributed by atoms with Crippen LogP contribution in [0.15, 0.2) is 64.7 Å². The maximum Gasteiger partial charge on any atom is 0.337 e. The van der Waals surface area contributed by atoms with Gasteiger partial charge in [0, 0.05) is 40.9 Å². The second-order valence-electron chi connectivity index (χ2n) is 9.81. The molecule has 0 spiro atoms. The number of pyridine rings is 1. The Bertz CT molecular complexity index is 1500. The molecule has 1 aliphatic rings. The first-order valence-electron chi connectivity index (χ1n) is 13.8. The van der Waals surface area contributed by atoms with E-state index in [4.69, 9.17) is 31.0 Å². The van der Waals surface area contributed by atoms with Gasteiger partial charge in [-0.25, -0.2) is 4.79 Å². The highest BCUT2D eigenvalue weighted by Gasteiger charge is 2.25. The molecule has 4 rings (SSSR count). The van der Waals surface area contributed by atoms with Crippen molar-refractivity contribution in [3.8, 4) is 16.9 Å². The standard InChI is InChI=1S/C31H34ClN3O7/c1-40-28-19-35(29(37)18-25(28)24-17-21(32)10-13-23(24)26-14-16-42-34-26)27(7-5-3-4-6-15-36)30(38)33-22-11-8-20(9-12-22)31(39)41-2/h8-13,17-19,27,36H,3-7,14-16H2,1-2H3,(H,33,38). The number of unbranched alkanes of at least 4 members (excludes halogenated alkanes) is 3. The highest BCUT2D eigenvalue weighted by Crippen LogP contribution is 2.35. The van der Waals surface area contributed by atoms with Crippen LogP contribution in [-0.2, 0) is 14.4 Å². The summed E-state index contributed by atoms with van der Waals surface area (Å²) in [6.45, 7) is 0.574. The highest BCUT2D eigenvalue weighted by atomic mass is 35.5. The second kappa shape index (κ2) is 14.7. The Kier molecular flexibility index (Phi) is 10.7. The number of amides is 1. The number of esters is 1. The molecule has 0 aliphatic carbocycles. The van der Waals surface area contributed by atoms with Gasteiger partial charge in [-0.05, 0) is 54.8 Å². The van der Waals surface area contributed by atoms with E-state index in [0.29, 0.717) is 65.4 Å². The fourth-order valence-electron chi connectivity index (χ4n) is 4.86. The molecular weight excluding hydrogens is 562 g/mol. The number of anilines is 1. The zero-order valence-corrected chi connectivity index (χ0v) is 24.4. The number of hydrogen-bond donors (Lipinski definition) is 2. The van der Waals surface area contributed by atoms with E-state index in [9.17, 15) is 14.4 Å². The minimum Gasteiger partial charge on any atom is -0.495 e. The monoisotopic (exact) mass is 595 g/mol. The SMILES string of the molecule is COC(=O)c1ccc(NC(=O)C(CCCCCCO)n2cc(OC)c(-c3cc(Cl)ccc3C3=NOCC3)cc2=O)cc1. The zero-order chi connectivity index (χ0) is 30.1. The van der Waals surface area contributed by atoms with Crippen molar-refractivity contribution in [3.05, 3.63) is 81.2 Å². The summed E-state index contributed by atoms with van der Waals surface area (Å²) in [5, 5.41) is 16.6. The van der Waals surface area contributed by atoms with Crippen molar-refractivity contribution in [2.75, 3.05) is 32.8 Å². The molecule has 2 N–H and O–H groups in total. The molecule has 0 bridgehead atoms. The quantitative estimate of drug-likeness (QED) is 0.205. The molecule has 1 aromatic heterocycles. The maximum atomic E-state index is 13.6. The lowest BCUT2D eigenvalue weighted by Crippen LogP contribution is -2.33. The summed E-state index contributed by atoms with van der Waals surface area (Å²) >= 11 is 6.35. The largest absolute Gasteiger partial charge is 0.495 e. The summed E-state index contributed by atoms with van der Waals surface area (Å²) in [4.78, 5) is 44.2. The molecule has 0 saturated carbocycles. The summed E-state index contributed by atoms with van der Waals surface area (Å²) in [5.74, 6) is -0.485. The minimum absolute atomic E-state index is 0.105. The molecule has 0 saturated heterocycles. The van der Waals surface area contributed by atoms with Gasteiger partial charge in [-0.2, -0.15) is 0 Å². The Labute approximate surface area is 248 Å². The van der Waals surface area contributed by atoms with Gasteiger partial charge in [0.2, 0.25) is 5.91 Å². The van der Waals surface area contributed by atoms with Crippen LogP contribution in [-0.4, -0.2) is 54.7 Å². The number of halogens is 1. The van der Waals surface area contributed by atoms with E-state index >= 15 is 0 Å². The van der Waals surface area contributed by atoms with Gasteiger partial charge in [-0.15, -0.1) is 0 Å². The number of methoxy groups -OCH3 is 2. The Hall–Kier alpha value is -4.15. The Morgan fingerprint density at radius 1 is 1.05 bits per heavy atom. The van der Waals surface area contributed by atoms with Crippen LogP contribution < -0.4 is 15.6 Å². The molecule has 1 amide bonds. The third-order valence-electron chi connectivity index (χ3n) is 7.05. The number of hydrogen-bond acceptors (Lipinski definition) is 8. The Morgan fingerprint density at radius 2 is 1.81 bits per heavy atom. The molecule has 222 valence electrons. The lowest BCUT2D eigenvalue weighted by atomic mass is 9.95. The van der Waals surface area contributed by atoms with E-state index in [2.05, 4.69) is 10.5 Å². The number of nitrogens with one attached hydrogen (secondary N) is 1. The van der Waals surface area contributed by atoms with E-state index in [0.717, 1.165) is 24.1 Å². The van der Waals surface area contributed by atoms with Crippen molar-refractivity contribution in [2.45, 2.75) is 44.6 Å². The molecule has 1 aliphatic heterocycles. The first-order valence-corrected chi connectivity index (χ1v) is 14.1. The lowest BCUT2D eigenvalue weighted by Gasteiger charge is -2.22. The van der Waals surface area contributed by atoms with Gasteiger partial charge in [-0.3, -0.25) is 14.2 Å². The first-order chi connectivity index (χ1) is 20.4. The third-order valence-corrected chi connectivity index (χ3v) is 7.28. The number of rotatable bonds is 13. The molecule has 42 heavy (non-hydrogen) atoms. The average Bonchev–Trinajstić information content (AvgIpc) is 3.54. The van der Waals surface area contributed by atoms with Crippen LogP contribution in [0.25, 0.3) is 11.1 Å². The van der Waals surface area contributed by atoms with E-state index < -0.39 is 17.6 Å². The molecule has 0 fully saturated rings. The van der Waals surface area contributed by atoms with Gasteiger partial charge in [0.15, 0.2) is 0 Å². The normalized spacial score (nSPS) is 13.2. The van der Waals surface area contributed by atoms with Crippen LogP contribution in [0, 0.1) is 0 Å². The van der Waals surface area contributed by atoms with Gasteiger partial charge in [-0.1, -0.05) is 42.1 Å². The topological polar surface area (TPSA) is 128 Å². The van der Waals surface area contributed by atoms with Gasteiger partial charge < -0.3 is 24.7 Å². The first kappa shape index (κ1) is 30.8. The van der Waals surface area contributed by atoms with Crippen LogP contribution in [0.4, 0.5) is 5.69 Å². The summed E-state index contributed by atoms with van der Waals surface area (Å²) in [7, 11) is 2.80. The van der Waals surface area contributed by atoms with Crippen molar-refractivity contribution in [2.24, 2.45) is 5.16 Å². The number of carbonyl (C=O) groups excluding carboxylic acids is 2. The predicted octanol–water partition coefficient (Wildman–Crippen LogP) is 5.21. The van der Waals surface area contributed by atoms with Crippen molar-refractivity contribution in [1.82, 2.24) is 4.57 Å². The molecule has 3 aromatic rings. The molecule has 2 aromatic carbocycles. The van der Waals surface area contributed by atoms with Crippen LogP contribution in [0.3, 0.4) is 0 Å². The molecule has 1 atom stereocenters. The predicted molar refractivity (Wildman–Crippen MR) is 160 cm³/mol. The van der Waals surface area contributed by atoms with Crippen molar-refractivity contribution in [3.63, 3.8) is 0 Å². The van der Waals surface area contributed by atoms with Crippen LogP contribution in [0.1, 0.15) is 60.5 Å². The van der Waals surface area contributed by atoms with Gasteiger partial charge >= 0.3 is 5.97 Å². The Balaban J connectivity index is 1.69. The second-order valence-corrected chi connectivity index (χ2v) is 10.2. The number of benzene rings is 2. The fraction of sp³-hybridized carbons (Fsp3) is 0.355. The van der Waals surface area contributed by atoms with E-state index in [1.807, 2.05) is 6.07 Å². The molecule has 2 heterocycles. The van der Waals surface area contributed by atoms with E-state index in [1.165, 1.54) is 24.9 Å². The number of aliphatic hydroxyl groups excluding tert-OH is 1. The number of ether oxygens (including phenoxy) is 2. The van der Waals surface area contributed by atoms with Gasteiger partial charge in [0.1, 0.15) is 18.4 Å². The number of oxime groups is 1. The Morgan fingerprint density at radius 3 is 2.48 bits per heavy atom. The average molecular weight is 596 g/mol. The highest BCUT2D eigenvalue weighted by molar-refractivity contribution is 6.31. The fourth-order valence-corrected chi connectivity index (χ4v) is 5.04. The molecule has 1 unspecified atom stereocenters. The number of carbonyl (C=O) groups is 2. The van der Waals surface area contributed by atoms with Crippen molar-refractivity contribution >= 4 is 34.9 Å². The number of nitrogens with zero attached hydrogens (tertiary/aromatic N) is 2. The minimum atomic E-state index is -0.846. The summed E-state index contributed by atoms with van der Waals surface area (Å²) in [6.07, 6.45) is 5.48. The zero-order valence-electron chi connectivity index (χ0n) is 23.6. The summed E-state index contributed by atoms with van der Waals surface area (Å²) < 4.78 is 11.8. The maximum absolute atomic E-state index is 13.6. The summed E-state index contributed by atoms with van der Waals surface area (Å²) in [6, 6.07) is 12.3. The molecule has 10 nitrogen and oxygen atoms in total. The number of aliphatic hydroxyl groups is 1. The van der Waals surface area contributed by atoms with Crippen LogP contribution >= 0.6 is 11.6 Å². The van der Waals surface area contributed by atoms with E-state index in [-0.39, 0.29) is 12.5 Å². The number of aromatic nitrogens is 1. The lowest BCUT2D eigenvalue weighted by molar-refractivity contribution is -0.119. The van der Waals surface area contributed by atoms with Crippen LogP contribution in [0.2, 0.25) is 5.02 Å². The third kappa shape index (κ3) is 7.37. The van der Waals surface area contributed by atoms with E-state index in [1.54, 1.807) is 42.6 Å². The summed E-state index contributed by atoms with van der Waals surface area (Å²) in [5.41, 5.74) is 3.14. The van der Waals surface area contributed by atoms with Crippen molar-refractivity contribution < 1.29 is 29.0 Å². The van der Waals surface area contributed by atoms with Crippen molar-refractivity contribution in [1.29, 1.82) is 0 Å². The molecular formula is C31H34ClN3O7. The van der Waals surface area contributed by atoms with Gasteiger partial charge in [0.05, 0.1) is 31.7 Å². The van der Waals surface area contributed by atoms with Gasteiger partial charge in [0.25, 0.3) is 5.56 Å². The van der Waals surface area contributed by atoms with Crippen LogP contribution in [0.5, 0.6) is 5.75 Å².